The van der Waals surface area contributed by atoms with E-state index in [1.54, 1.807) is 0 Å². The van der Waals surface area contributed by atoms with Gasteiger partial charge < -0.3 is 9.64 Å². The van der Waals surface area contributed by atoms with E-state index < -0.39 is 0 Å². The average Bonchev–Trinajstić information content (AvgIpc) is 2.45. The molecule has 1 fully saturated rings. The third-order valence-corrected chi connectivity index (χ3v) is 3.60. The van der Waals surface area contributed by atoms with Gasteiger partial charge in [-0.2, -0.15) is 0 Å². The van der Waals surface area contributed by atoms with Crippen molar-refractivity contribution in [3.63, 3.8) is 0 Å². The monoisotopic (exact) mass is 262 g/mol. The number of amides is 1. The average molecular weight is 262 g/mol. The van der Waals surface area contributed by atoms with Crippen molar-refractivity contribution in [3.8, 4) is 0 Å². The van der Waals surface area contributed by atoms with Crippen LogP contribution in [-0.2, 0) is 11.3 Å². The summed E-state index contributed by atoms with van der Waals surface area (Å²) in [5.41, 5.74) is 1.02. The summed E-state index contributed by atoms with van der Waals surface area (Å²) in [6.45, 7) is 8.22. The Kier molecular flexibility index (Phi) is 4.80. The van der Waals surface area contributed by atoms with Gasteiger partial charge in [-0.15, -0.1) is 0 Å². The van der Waals surface area contributed by atoms with E-state index in [0.29, 0.717) is 6.61 Å². The maximum absolute atomic E-state index is 12.1. The quantitative estimate of drug-likeness (QED) is 0.838. The number of carbonyl (C=O) groups excluding carboxylic acids is 1. The first-order chi connectivity index (χ1) is 9.20. The molecule has 2 rings (SSSR count). The molecule has 104 valence electrons. The zero-order valence-electron chi connectivity index (χ0n) is 11.7. The minimum atomic E-state index is -0.202. The lowest BCUT2D eigenvalue weighted by atomic mass is 10.2. The van der Waals surface area contributed by atoms with Crippen molar-refractivity contribution in [2.45, 2.75) is 26.5 Å². The number of likely N-dealkylation sites (N-methyl/N-ethyl adjacent to an activating group) is 1. The Bertz CT molecular complexity index is 408. The predicted octanol–water partition coefficient (Wildman–Crippen LogP) is 2.35. The number of ether oxygens (including phenoxy) is 1. The second kappa shape index (κ2) is 6.57. The first kappa shape index (κ1) is 13.9. The molecule has 1 aliphatic heterocycles. The number of hydrogen-bond acceptors (Lipinski definition) is 3. The van der Waals surface area contributed by atoms with E-state index in [1.807, 2.05) is 35.2 Å². The van der Waals surface area contributed by atoms with Gasteiger partial charge in [0.2, 0.25) is 0 Å². The van der Waals surface area contributed by atoms with Crippen molar-refractivity contribution in [1.29, 1.82) is 0 Å². The highest BCUT2D eigenvalue weighted by Crippen LogP contribution is 2.12. The molecule has 4 heteroatoms. The Morgan fingerprint density at radius 1 is 1.32 bits per heavy atom. The van der Waals surface area contributed by atoms with Crippen LogP contribution >= 0.6 is 0 Å². The highest BCUT2D eigenvalue weighted by Gasteiger charge is 2.27. The van der Waals surface area contributed by atoms with E-state index in [0.717, 1.165) is 31.7 Å². The van der Waals surface area contributed by atoms with E-state index in [1.165, 1.54) is 0 Å². The Labute approximate surface area is 115 Å². The topological polar surface area (TPSA) is 32.8 Å². The highest BCUT2D eigenvalue weighted by atomic mass is 16.6. The maximum Gasteiger partial charge on any atom is 0.410 e. The van der Waals surface area contributed by atoms with Gasteiger partial charge in [0, 0.05) is 25.7 Å². The first-order valence-electron chi connectivity index (χ1n) is 6.90. The minimum absolute atomic E-state index is 0.202. The fourth-order valence-corrected chi connectivity index (χ4v) is 2.39. The largest absolute Gasteiger partial charge is 0.445 e. The summed E-state index contributed by atoms with van der Waals surface area (Å²) < 4.78 is 5.38. The molecule has 0 saturated carbocycles. The van der Waals surface area contributed by atoms with Crippen LogP contribution in [0.25, 0.3) is 0 Å². The second-order valence-electron chi connectivity index (χ2n) is 4.98. The zero-order chi connectivity index (χ0) is 13.7. The summed E-state index contributed by atoms with van der Waals surface area (Å²) in [7, 11) is 0. The molecule has 1 heterocycles. The lowest BCUT2D eigenvalue weighted by Crippen LogP contribution is -2.53. The summed E-state index contributed by atoms with van der Waals surface area (Å²) in [6, 6.07) is 10.0. The molecule has 19 heavy (non-hydrogen) atoms. The van der Waals surface area contributed by atoms with Gasteiger partial charge in [0.1, 0.15) is 6.61 Å². The van der Waals surface area contributed by atoms with Gasteiger partial charge in [-0.1, -0.05) is 37.3 Å². The van der Waals surface area contributed by atoms with Gasteiger partial charge in [0.15, 0.2) is 0 Å². The van der Waals surface area contributed by atoms with Crippen LogP contribution in [0.1, 0.15) is 19.4 Å². The molecule has 0 aliphatic carbocycles. The molecule has 1 aromatic carbocycles. The van der Waals surface area contributed by atoms with Crippen molar-refractivity contribution < 1.29 is 9.53 Å². The molecule has 1 atom stereocenters. The normalized spacial score (nSPS) is 20.3. The molecule has 4 nitrogen and oxygen atoms in total. The zero-order valence-corrected chi connectivity index (χ0v) is 11.7. The van der Waals surface area contributed by atoms with Crippen LogP contribution in [0, 0.1) is 0 Å². The lowest BCUT2D eigenvalue weighted by molar-refractivity contribution is 0.0494. The van der Waals surface area contributed by atoms with Gasteiger partial charge in [0.05, 0.1) is 0 Å². The van der Waals surface area contributed by atoms with Crippen molar-refractivity contribution in [2.24, 2.45) is 0 Å². The molecular formula is C15H22N2O2. The number of piperazine rings is 1. The van der Waals surface area contributed by atoms with Crippen molar-refractivity contribution in [1.82, 2.24) is 9.80 Å². The Morgan fingerprint density at radius 3 is 2.68 bits per heavy atom. The Balaban J connectivity index is 1.83. The minimum Gasteiger partial charge on any atom is -0.445 e. The van der Waals surface area contributed by atoms with E-state index in [9.17, 15) is 4.79 Å². The predicted molar refractivity (Wildman–Crippen MR) is 74.9 cm³/mol. The molecular weight excluding hydrogens is 240 g/mol. The molecule has 1 unspecified atom stereocenters. The molecule has 1 amide bonds. The molecule has 0 aromatic heterocycles. The van der Waals surface area contributed by atoms with Crippen molar-refractivity contribution in [3.05, 3.63) is 35.9 Å². The third-order valence-electron chi connectivity index (χ3n) is 3.60. The van der Waals surface area contributed by atoms with E-state index in [-0.39, 0.29) is 12.1 Å². The SMILES string of the molecule is CCN1CCN(C(=O)OCc2ccccc2)C(C)C1. The Morgan fingerprint density at radius 2 is 2.05 bits per heavy atom. The van der Waals surface area contributed by atoms with Crippen LogP contribution in [0.15, 0.2) is 30.3 Å². The fraction of sp³-hybridized carbons (Fsp3) is 0.533. The summed E-state index contributed by atoms with van der Waals surface area (Å²) >= 11 is 0. The second-order valence-corrected chi connectivity index (χ2v) is 4.98. The molecule has 0 bridgehead atoms. The van der Waals surface area contributed by atoms with E-state index in [2.05, 4.69) is 18.7 Å². The van der Waals surface area contributed by atoms with Crippen molar-refractivity contribution >= 4 is 6.09 Å². The van der Waals surface area contributed by atoms with Crippen molar-refractivity contribution in [2.75, 3.05) is 26.2 Å². The van der Waals surface area contributed by atoms with Crippen LogP contribution in [0.3, 0.4) is 0 Å². The number of rotatable bonds is 3. The molecule has 0 N–H and O–H groups in total. The van der Waals surface area contributed by atoms with E-state index >= 15 is 0 Å². The van der Waals surface area contributed by atoms with Crippen LogP contribution in [0.5, 0.6) is 0 Å². The summed E-state index contributed by atoms with van der Waals surface area (Å²) in [5, 5.41) is 0. The van der Waals surface area contributed by atoms with Crippen LogP contribution in [-0.4, -0.2) is 48.1 Å². The number of nitrogens with zero attached hydrogens (tertiary/aromatic N) is 2. The fourth-order valence-electron chi connectivity index (χ4n) is 2.39. The van der Waals surface area contributed by atoms with E-state index in [4.69, 9.17) is 4.74 Å². The highest BCUT2D eigenvalue weighted by molar-refractivity contribution is 5.68. The number of hydrogen-bond donors (Lipinski definition) is 0. The standard InChI is InChI=1S/C15H22N2O2/c1-3-16-9-10-17(13(2)11-16)15(18)19-12-14-7-5-4-6-8-14/h4-8,13H,3,9-12H2,1-2H3. The molecule has 0 spiro atoms. The summed E-state index contributed by atoms with van der Waals surface area (Å²) in [6.07, 6.45) is -0.202. The summed E-state index contributed by atoms with van der Waals surface area (Å²) in [5.74, 6) is 0. The van der Waals surface area contributed by atoms with Gasteiger partial charge >= 0.3 is 6.09 Å². The van der Waals surface area contributed by atoms with Gasteiger partial charge in [0.25, 0.3) is 0 Å². The smallest absolute Gasteiger partial charge is 0.410 e. The van der Waals surface area contributed by atoms with Gasteiger partial charge in [-0.3, -0.25) is 4.90 Å². The Hall–Kier alpha value is -1.55. The maximum atomic E-state index is 12.1. The molecule has 1 aromatic rings. The van der Waals surface area contributed by atoms with Gasteiger partial charge in [-0.25, -0.2) is 4.79 Å². The van der Waals surface area contributed by atoms with Crippen LogP contribution in [0.4, 0.5) is 4.79 Å². The van der Waals surface area contributed by atoms with Crippen LogP contribution in [0.2, 0.25) is 0 Å². The van der Waals surface area contributed by atoms with Gasteiger partial charge in [-0.05, 0) is 19.0 Å². The van der Waals surface area contributed by atoms with Crippen LogP contribution < -0.4 is 0 Å². The third kappa shape index (κ3) is 3.70. The number of carbonyl (C=O) groups is 1. The first-order valence-corrected chi connectivity index (χ1v) is 6.90. The number of benzene rings is 1. The lowest BCUT2D eigenvalue weighted by Gasteiger charge is -2.38. The molecule has 1 aliphatic rings. The molecule has 1 saturated heterocycles. The molecule has 0 radical (unpaired) electrons. The summed E-state index contributed by atoms with van der Waals surface area (Å²) in [4.78, 5) is 16.2.